The molecule has 0 aromatic heterocycles. The van der Waals surface area contributed by atoms with Gasteiger partial charge in [0.1, 0.15) is 0 Å². The van der Waals surface area contributed by atoms with Gasteiger partial charge in [-0.25, -0.2) is 0 Å². The Morgan fingerprint density at radius 2 is 1.44 bits per heavy atom. The second-order valence-electron chi connectivity index (χ2n) is 7.43. The average Bonchev–Trinajstić information content (AvgIpc) is 2.22. The van der Waals surface area contributed by atoms with Gasteiger partial charge in [0.25, 0.3) is 0 Å². The van der Waals surface area contributed by atoms with E-state index in [2.05, 4.69) is 71.1 Å². The summed E-state index contributed by atoms with van der Waals surface area (Å²) in [5, 5.41) is 3.52. The topological polar surface area (TPSA) is 12.0 Å². The van der Waals surface area contributed by atoms with Crippen LogP contribution in [0.25, 0.3) is 0 Å². The number of benzene rings is 1. The number of nitrogens with one attached hydrogen (secondary N) is 1. The molecule has 1 aromatic rings. The molecule has 0 saturated heterocycles. The van der Waals surface area contributed by atoms with E-state index in [1.54, 1.807) is 0 Å². The van der Waals surface area contributed by atoms with Gasteiger partial charge in [-0.05, 0) is 34.9 Å². The Morgan fingerprint density at radius 3 is 1.89 bits per heavy atom. The lowest BCUT2D eigenvalue weighted by Gasteiger charge is -2.20. The van der Waals surface area contributed by atoms with Crippen LogP contribution in [0.4, 0.5) is 0 Å². The predicted molar refractivity (Wildman–Crippen MR) is 81.2 cm³/mol. The molecule has 1 heteroatoms. The van der Waals surface area contributed by atoms with Crippen LogP contribution in [-0.2, 0) is 11.8 Å². The molecule has 0 unspecified atom stereocenters. The molecule has 0 fully saturated rings. The Bertz CT molecular complexity index is 349. The molecule has 18 heavy (non-hydrogen) atoms. The summed E-state index contributed by atoms with van der Waals surface area (Å²) >= 11 is 0. The van der Waals surface area contributed by atoms with E-state index in [1.807, 2.05) is 0 Å². The highest BCUT2D eigenvalue weighted by Gasteiger charge is 2.12. The van der Waals surface area contributed by atoms with Crippen LogP contribution in [0.2, 0.25) is 0 Å². The second kappa shape index (κ2) is 5.88. The number of rotatable bonds is 4. The zero-order chi connectivity index (χ0) is 13.8. The minimum atomic E-state index is 0.253. The van der Waals surface area contributed by atoms with Crippen molar-refractivity contribution >= 4 is 0 Å². The van der Waals surface area contributed by atoms with E-state index in [0.717, 1.165) is 19.5 Å². The maximum absolute atomic E-state index is 3.52. The van der Waals surface area contributed by atoms with Crippen molar-refractivity contribution in [2.24, 2.45) is 5.41 Å². The molecule has 0 heterocycles. The van der Waals surface area contributed by atoms with Crippen molar-refractivity contribution in [1.82, 2.24) is 5.32 Å². The summed E-state index contributed by atoms with van der Waals surface area (Å²) in [6.45, 7) is 15.7. The highest BCUT2D eigenvalue weighted by molar-refractivity contribution is 5.27. The zero-order valence-corrected chi connectivity index (χ0v) is 12.9. The molecule has 1 N–H and O–H groups in total. The molecular weight excluding hydrogens is 218 g/mol. The van der Waals surface area contributed by atoms with Crippen molar-refractivity contribution in [3.63, 3.8) is 0 Å². The zero-order valence-electron chi connectivity index (χ0n) is 12.9. The first-order valence-electron chi connectivity index (χ1n) is 6.99. The number of hydrogen-bond donors (Lipinski definition) is 1. The predicted octanol–water partition coefficient (Wildman–Crippen LogP) is 4.16. The van der Waals surface area contributed by atoms with E-state index >= 15 is 0 Å². The van der Waals surface area contributed by atoms with E-state index in [9.17, 15) is 0 Å². The van der Waals surface area contributed by atoms with Gasteiger partial charge in [-0.3, -0.25) is 0 Å². The summed E-state index contributed by atoms with van der Waals surface area (Å²) in [6.07, 6.45) is 1.11. The highest BCUT2D eigenvalue weighted by atomic mass is 14.9. The van der Waals surface area contributed by atoms with E-state index in [0.29, 0.717) is 5.41 Å². The van der Waals surface area contributed by atoms with Gasteiger partial charge in [0, 0.05) is 6.54 Å². The molecule has 1 nitrogen and oxygen atoms in total. The van der Waals surface area contributed by atoms with Crippen LogP contribution < -0.4 is 5.32 Å². The molecular formula is C17H29N. The van der Waals surface area contributed by atoms with Crippen molar-refractivity contribution in [3.05, 3.63) is 35.4 Å². The van der Waals surface area contributed by atoms with E-state index < -0.39 is 0 Å². The first-order chi connectivity index (χ1) is 8.18. The fourth-order valence-electron chi connectivity index (χ4n) is 1.87. The summed E-state index contributed by atoms with van der Waals surface area (Å²) in [7, 11) is 0. The standard InChI is InChI=1S/C17H29N/c1-16(2,3)13-18-12-11-14-7-9-15(10-8-14)17(4,5)6/h7-10,18H,11-13H2,1-6H3. The Morgan fingerprint density at radius 1 is 0.889 bits per heavy atom. The molecule has 1 rings (SSSR count). The van der Waals surface area contributed by atoms with Crippen molar-refractivity contribution in [1.29, 1.82) is 0 Å². The summed E-state index contributed by atoms with van der Waals surface area (Å²) in [4.78, 5) is 0. The van der Waals surface area contributed by atoms with Crippen molar-refractivity contribution in [2.45, 2.75) is 53.4 Å². The van der Waals surface area contributed by atoms with Crippen molar-refractivity contribution in [2.75, 3.05) is 13.1 Å². The molecule has 0 amide bonds. The molecule has 0 bridgehead atoms. The maximum Gasteiger partial charge on any atom is 0.000000406 e. The lowest BCUT2D eigenvalue weighted by atomic mass is 9.86. The van der Waals surface area contributed by atoms with Gasteiger partial charge in [-0.2, -0.15) is 0 Å². The minimum absolute atomic E-state index is 0.253. The van der Waals surface area contributed by atoms with E-state index in [-0.39, 0.29) is 5.41 Å². The maximum atomic E-state index is 3.52. The second-order valence-corrected chi connectivity index (χ2v) is 7.43. The molecule has 1 aromatic carbocycles. The first kappa shape index (κ1) is 15.2. The molecule has 0 spiro atoms. The molecule has 0 aliphatic heterocycles. The van der Waals surface area contributed by atoms with Crippen LogP contribution in [0.3, 0.4) is 0 Å². The Kier molecular flexibility index (Phi) is 4.98. The third-order valence-electron chi connectivity index (χ3n) is 3.07. The fraction of sp³-hybridized carbons (Fsp3) is 0.647. The molecule has 0 atom stereocenters. The fourth-order valence-corrected chi connectivity index (χ4v) is 1.87. The van der Waals surface area contributed by atoms with E-state index in [1.165, 1.54) is 11.1 Å². The molecule has 0 saturated carbocycles. The molecule has 0 aliphatic rings. The van der Waals surface area contributed by atoms with Gasteiger partial charge >= 0.3 is 0 Å². The van der Waals surface area contributed by atoms with Crippen molar-refractivity contribution in [3.8, 4) is 0 Å². The monoisotopic (exact) mass is 247 g/mol. The third-order valence-corrected chi connectivity index (χ3v) is 3.07. The van der Waals surface area contributed by atoms with Crippen LogP contribution in [0, 0.1) is 5.41 Å². The van der Waals surface area contributed by atoms with Gasteiger partial charge in [0.2, 0.25) is 0 Å². The summed E-state index contributed by atoms with van der Waals surface area (Å²) in [5.74, 6) is 0. The largest absolute Gasteiger partial charge is 0.316 e. The van der Waals surface area contributed by atoms with Crippen LogP contribution in [0.1, 0.15) is 52.7 Å². The lowest BCUT2D eigenvalue weighted by molar-refractivity contribution is 0.381. The van der Waals surface area contributed by atoms with Crippen molar-refractivity contribution < 1.29 is 0 Å². The van der Waals surface area contributed by atoms with E-state index in [4.69, 9.17) is 0 Å². The van der Waals surface area contributed by atoms with Gasteiger partial charge in [-0.15, -0.1) is 0 Å². The Balaban J connectivity index is 2.41. The van der Waals surface area contributed by atoms with Crippen LogP contribution in [0.5, 0.6) is 0 Å². The van der Waals surface area contributed by atoms with Crippen LogP contribution in [-0.4, -0.2) is 13.1 Å². The highest BCUT2D eigenvalue weighted by Crippen LogP contribution is 2.22. The summed E-state index contributed by atoms with van der Waals surface area (Å²) < 4.78 is 0. The third kappa shape index (κ3) is 5.68. The van der Waals surface area contributed by atoms with Gasteiger partial charge in [-0.1, -0.05) is 65.8 Å². The SMILES string of the molecule is CC(C)(C)CNCCc1ccc(C(C)(C)C)cc1. The summed E-state index contributed by atoms with van der Waals surface area (Å²) in [6, 6.07) is 9.05. The average molecular weight is 247 g/mol. The summed E-state index contributed by atoms with van der Waals surface area (Å²) in [5.41, 5.74) is 3.46. The van der Waals surface area contributed by atoms with Gasteiger partial charge in [0.15, 0.2) is 0 Å². The normalized spacial score (nSPS) is 12.8. The molecule has 0 aliphatic carbocycles. The quantitative estimate of drug-likeness (QED) is 0.788. The number of hydrogen-bond acceptors (Lipinski definition) is 1. The van der Waals surface area contributed by atoms with Crippen LogP contribution >= 0.6 is 0 Å². The van der Waals surface area contributed by atoms with Crippen LogP contribution in [0.15, 0.2) is 24.3 Å². The lowest BCUT2D eigenvalue weighted by Crippen LogP contribution is -2.28. The first-order valence-corrected chi connectivity index (χ1v) is 6.99. The van der Waals surface area contributed by atoms with Gasteiger partial charge in [0.05, 0.1) is 0 Å². The minimum Gasteiger partial charge on any atom is -0.316 e. The smallest absolute Gasteiger partial charge is 0.000000406 e. The molecule has 0 radical (unpaired) electrons. The Labute approximate surface area is 113 Å². The van der Waals surface area contributed by atoms with Gasteiger partial charge < -0.3 is 5.32 Å². The molecule has 102 valence electrons. The Hall–Kier alpha value is -0.820.